The molecule has 2 heterocycles. The number of para-hydroxylation sites is 1. The van der Waals surface area contributed by atoms with Gasteiger partial charge in [0, 0.05) is 37.5 Å². The van der Waals surface area contributed by atoms with E-state index in [2.05, 4.69) is 4.98 Å². The highest BCUT2D eigenvalue weighted by molar-refractivity contribution is 7.11. The average molecular weight is 347 g/mol. The van der Waals surface area contributed by atoms with Crippen molar-refractivity contribution < 1.29 is 9.18 Å². The van der Waals surface area contributed by atoms with Crippen molar-refractivity contribution in [2.75, 3.05) is 31.1 Å². The fourth-order valence-electron chi connectivity index (χ4n) is 3.09. The molecule has 2 aromatic rings. The minimum absolute atomic E-state index is 0.175. The van der Waals surface area contributed by atoms with Crippen molar-refractivity contribution in [3.05, 3.63) is 45.7 Å². The number of halogens is 1. The molecule has 1 aromatic carbocycles. The average Bonchev–Trinajstić information content (AvgIpc) is 2.91. The molecule has 0 aliphatic carbocycles. The summed E-state index contributed by atoms with van der Waals surface area (Å²) in [5.74, 6) is -0.0260. The maximum absolute atomic E-state index is 13.9. The van der Waals surface area contributed by atoms with Crippen molar-refractivity contribution in [1.82, 2.24) is 9.88 Å². The Labute approximate surface area is 145 Å². The number of aryl methyl sites for hydroxylation is 3. The first kappa shape index (κ1) is 16.9. The standard InChI is InChI=1S/C18H22FN3OS/c1-13-17(24-14(2)20-13)7-8-18(23)22-11-9-21(10-12-22)16-6-4-3-5-15(16)19/h3-6H,7-12H2,1-2H3. The predicted octanol–water partition coefficient (Wildman–Crippen LogP) is 3.18. The van der Waals surface area contributed by atoms with Crippen LogP contribution < -0.4 is 4.90 Å². The second-order valence-electron chi connectivity index (χ2n) is 6.06. The van der Waals surface area contributed by atoms with Gasteiger partial charge in [0.2, 0.25) is 5.91 Å². The van der Waals surface area contributed by atoms with Gasteiger partial charge in [0.15, 0.2) is 0 Å². The molecule has 1 aliphatic heterocycles. The van der Waals surface area contributed by atoms with E-state index in [4.69, 9.17) is 0 Å². The first-order valence-electron chi connectivity index (χ1n) is 8.25. The molecule has 4 nitrogen and oxygen atoms in total. The smallest absolute Gasteiger partial charge is 0.223 e. The van der Waals surface area contributed by atoms with Crippen LogP contribution in [0.1, 0.15) is 22.0 Å². The molecule has 1 aromatic heterocycles. The molecule has 128 valence electrons. The van der Waals surface area contributed by atoms with Crippen LogP contribution in [0.25, 0.3) is 0 Å². The predicted molar refractivity (Wildman–Crippen MR) is 95.1 cm³/mol. The third kappa shape index (κ3) is 3.75. The van der Waals surface area contributed by atoms with Crippen LogP contribution in [0.3, 0.4) is 0 Å². The summed E-state index contributed by atoms with van der Waals surface area (Å²) in [6.45, 7) is 6.62. The highest BCUT2D eigenvalue weighted by Crippen LogP contribution is 2.22. The molecule has 1 aliphatic rings. The van der Waals surface area contributed by atoms with Crippen LogP contribution in [0.2, 0.25) is 0 Å². The Bertz CT molecular complexity index is 723. The molecule has 0 bridgehead atoms. The summed E-state index contributed by atoms with van der Waals surface area (Å²) in [6, 6.07) is 6.81. The van der Waals surface area contributed by atoms with Crippen molar-refractivity contribution in [2.45, 2.75) is 26.7 Å². The Morgan fingerprint density at radius 1 is 1.21 bits per heavy atom. The van der Waals surface area contributed by atoms with Crippen LogP contribution in [0.15, 0.2) is 24.3 Å². The zero-order valence-corrected chi connectivity index (χ0v) is 14.9. The van der Waals surface area contributed by atoms with Crippen LogP contribution in [0, 0.1) is 19.7 Å². The van der Waals surface area contributed by atoms with Crippen LogP contribution in [-0.2, 0) is 11.2 Å². The van der Waals surface area contributed by atoms with Gasteiger partial charge in [0.1, 0.15) is 5.82 Å². The van der Waals surface area contributed by atoms with E-state index >= 15 is 0 Å². The number of amides is 1. The summed E-state index contributed by atoms with van der Waals surface area (Å²) in [6.07, 6.45) is 1.27. The Kier molecular flexibility index (Phi) is 5.14. The van der Waals surface area contributed by atoms with Crippen molar-refractivity contribution in [3.8, 4) is 0 Å². The SMILES string of the molecule is Cc1nc(C)c(CCC(=O)N2CCN(c3ccccc3F)CC2)s1. The molecule has 0 radical (unpaired) electrons. The number of hydrogen-bond donors (Lipinski definition) is 0. The molecular weight excluding hydrogens is 325 g/mol. The van der Waals surface area contributed by atoms with E-state index in [0.717, 1.165) is 17.1 Å². The van der Waals surface area contributed by atoms with Gasteiger partial charge in [-0.1, -0.05) is 12.1 Å². The Hall–Kier alpha value is -1.95. The molecule has 0 unspecified atom stereocenters. The lowest BCUT2D eigenvalue weighted by Gasteiger charge is -2.36. The molecule has 6 heteroatoms. The van der Waals surface area contributed by atoms with Gasteiger partial charge in [-0.3, -0.25) is 4.79 Å². The van der Waals surface area contributed by atoms with Crippen molar-refractivity contribution >= 4 is 22.9 Å². The van der Waals surface area contributed by atoms with Gasteiger partial charge < -0.3 is 9.80 Å². The van der Waals surface area contributed by atoms with Crippen LogP contribution in [0.5, 0.6) is 0 Å². The van der Waals surface area contributed by atoms with Crippen LogP contribution >= 0.6 is 11.3 Å². The van der Waals surface area contributed by atoms with Gasteiger partial charge in [-0.2, -0.15) is 0 Å². The van der Waals surface area contributed by atoms with Crippen LogP contribution in [0.4, 0.5) is 10.1 Å². The van der Waals surface area contributed by atoms with Crippen molar-refractivity contribution in [1.29, 1.82) is 0 Å². The first-order valence-corrected chi connectivity index (χ1v) is 9.06. The first-order chi connectivity index (χ1) is 11.5. The molecule has 1 amide bonds. The monoisotopic (exact) mass is 347 g/mol. The summed E-state index contributed by atoms with van der Waals surface area (Å²) in [7, 11) is 0. The molecule has 0 spiro atoms. The lowest BCUT2D eigenvalue weighted by atomic mass is 10.2. The molecule has 1 saturated heterocycles. The molecule has 24 heavy (non-hydrogen) atoms. The van der Waals surface area contributed by atoms with Crippen LogP contribution in [-0.4, -0.2) is 42.0 Å². The quantitative estimate of drug-likeness (QED) is 0.852. The summed E-state index contributed by atoms with van der Waals surface area (Å²) < 4.78 is 13.9. The zero-order chi connectivity index (χ0) is 17.1. The maximum atomic E-state index is 13.9. The van der Waals surface area contributed by atoms with Gasteiger partial charge in [0.05, 0.1) is 16.4 Å². The largest absolute Gasteiger partial charge is 0.366 e. The number of benzene rings is 1. The second-order valence-corrected chi connectivity index (χ2v) is 7.35. The summed E-state index contributed by atoms with van der Waals surface area (Å²) in [4.78, 5) is 21.9. The third-order valence-electron chi connectivity index (χ3n) is 4.39. The normalized spacial score (nSPS) is 15.0. The lowest BCUT2D eigenvalue weighted by molar-refractivity contribution is -0.131. The topological polar surface area (TPSA) is 36.4 Å². The Morgan fingerprint density at radius 3 is 2.54 bits per heavy atom. The Morgan fingerprint density at radius 2 is 1.92 bits per heavy atom. The van der Waals surface area contributed by atoms with Gasteiger partial charge in [-0.05, 0) is 32.4 Å². The van der Waals surface area contributed by atoms with E-state index in [1.165, 1.54) is 10.9 Å². The van der Waals surface area contributed by atoms with Gasteiger partial charge in [-0.15, -0.1) is 11.3 Å². The maximum Gasteiger partial charge on any atom is 0.223 e. The fourth-order valence-corrected chi connectivity index (χ4v) is 4.03. The van der Waals surface area contributed by atoms with Crippen molar-refractivity contribution in [2.24, 2.45) is 0 Å². The van der Waals surface area contributed by atoms with Gasteiger partial charge in [-0.25, -0.2) is 9.37 Å². The van der Waals surface area contributed by atoms with E-state index < -0.39 is 0 Å². The number of hydrogen-bond acceptors (Lipinski definition) is 4. The number of carbonyl (C=O) groups excluding carboxylic acids is 1. The molecule has 0 N–H and O–H groups in total. The van der Waals surface area contributed by atoms with E-state index in [0.29, 0.717) is 38.3 Å². The summed E-state index contributed by atoms with van der Waals surface area (Å²) in [5.41, 5.74) is 1.66. The molecular formula is C18H22FN3OS. The van der Waals surface area contributed by atoms with Gasteiger partial charge in [0.25, 0.3) is 0 Å². The van der Waals surface area contributed by atoms with Crippen molar-refractivity contribution in [3.63, 3.8) is 0 Å². The number of nitrogens with zero attached hydrogens (tertiary/aromatic N) is 3. The second kappa shape index (κ2) is 7.30. The van der Waals surface area contributed by atoms with E-state index in [9.17, 15) is 9.18 Å². The minimum atomic E-state index is -0.201. The number of rotatable bonds is 4. The fraction of sp³-hybridized carbons (Fsp3) is 0.444. The molecule has 0 atom stereocenters. The van der Waals surface area contributed by atoms with E-state index in [1.54, 1.807) is 23.5 Å². The number of piperazine rings is 1. The molecule has 3 rings (SSSR count). The van der Waals surface area contributed by atoms with E-state index in [1.807, 2.05) is 29.7 Å². The number of thiazole rings is 1. The molecule has 1 fully saturated rings. The highest BCUT2D eigenvalue weighted by Gasteiger charge is 2.22. The lowest BCUT2D eigenvalue weighted by Crippen LogP contribution is -2.49. The van der Waals surface area contributed by atoms with E-state index in [-0.39, 0.29) is 11.7 Å². The summed E-state index contributed by atoms with van der Waals surface area (Å²) >= 11 is 1.67. The highest BCUT2D eigenvalue weighted by atomic mass is 32.1. The Balaban J connectivity index is 1.52. The zero-order valence-electron chi connectivity index (χ0n) is 14.1. The number of anilines is 1. The number of aromatic nitrogens is 1. The van der Waals surface area contributed by atoms with Gasteiger partial charge >= 0.3 is 0 Å². The number of carbonyl (C=O) groups is 1. The third-order valence-corrected chi connectivity index (χ3v) is 5.52. The summed E-state index contributed by atoms with van der Waals surface area (Å²) in [5, 5.41) is 1.05. The molecule has 0 saturated carbocycles. The minimum Gasteiger partial charge on any atom is -0.366 e.